The molecule has 16 heavy (non-hydrogen) atoms. The second kappa shape index (κ2) is 4.64. The summed E-state index contributed by atoms with van der Waals surface area (Å²) in [6.45, 7) is 0.406. The summed E-state index contributed by atoms with van der Waals surface area (Å²) in [5.41, 5.74) is 8.16. The largest absolute Gasteiger partial charge is 0.326 e. The van der Waals surface area contributed by atoms with Gasteiger partial charge in [0.05, 0.1) is 0 Å². The number of benzene rings is 2. The molecule has 82 valence electrons. The molecule has 0 aliphatic carbocycles. The van der Waals surface area contributed by atoms with Crippen LogP contribution in [0.1, 0.15) is 5.56 Å². The lowest BCUT2D eigenvalue weighted by molar-refractivity contribution is 0.628. The SMILES string of the molecule is NCc1ccccc1-c1cc(F)ccc1Cl. The second-order valence-electron chi connectivity index (χ2n) is 3.49. The highest BCUT2D eigenvalue weighted by Gasteiger charge is 2.08. The topological polar surface area (TPSA) is 26.0 Å². The molecule has 2 rings (SSSR count). The molecule has 0 amide bonds. The number of nitrogens with two attached hydrogens (primary N) is 1. The zero-order valence-corrected chi connectivity index (χ0v) is 9.34. The van der Waals surface area contributed by atoms with Crippen molar-refractivity contribution in [2.45, 2.75) is 6.54 Å². The highest BCUT2D eigenvalue weighted by molar-refractivity contribution is 6.33. The third-order valence-electron chi connectivity index (χ3n) is 2.46. The predicted octanol–water partition coefficient (Wildman–Crippen LogP) is 3.60. The number of hydrogen-bond acceptors (Lipinski definition) is 1. The van der Waals surface area contributed by atoms with Crippen molar-refractivity contribution in [2.24, 2.45) is 5.73 Å². The van der Waals surface area contributed by atoms with Gasteiger partial charge < -0.3 is 5.73 Å². The van der Waals surface area contributed by atoms with Crippen LogP contribution in [-0.2, 0) is 6.54 Å². The van der Waals surface area contributed by atoms with E-state index in [4.69, 9.17) is 17.3 Å². The van der Waals surface area contributed by atoms with E-state index in [-0.39, 0.29) is 5.82 Å². The maximum Gasteiger partial charge on any atom is 0.123 e. The third kappa shape index (κ3) is 2.08. The van der Waals surface area contributed by atoms with Crippen LogP contribution < -0.4 is 5.73 Å². The summed E-state index contributed by atoms with van der Waals surface area (Å²) in [6.07, 6.45) is 0. The van der Waals surface area contributed by atoms with Gasteiger partial charge in [0.2, 0.25) is 0 Å². The zero-order chi connectivity index (χ0) is 11.5. The van der Waals surface area contributed by atoms with Gasteiger partial charge in [0.25, 0.3) is 0 Å². The molecule has 0 saturated heterocycles. The Labute approximate surface area is 98.7 Å². The molecule has 2 N–H and O–H groups in total. The number of rotatable bonds is 2. The summed E-state index contributed by atoms with van der Waals surface area (Å²) in [7, 11) is 0. The molecule has 0 spiro atoms. The molecule has 2 aromatic rings. The van der Waals surface area contributed by atoms with E-state index >= 15 is 0 Å². The molecule has 0 radical (unpaired) electrons. The van der Waals surface area contributed by atoms with Crippen molar-refractivity contribution in [3.05, 3.63) is 58.9 Å². The second-order valence-corrected chi connectivity index (χ2v) is 3.89. The average molecular weight is 236 g/mol. The van der Waals surface area contributed by atoms with Crippen molar-refractivity contribution < 1.29 is 4.39 Å². The van der Waals surface area contributed by atoms with Crippen molar-refractivity contribution in [1.82, 2.24) is 0 Å². The van der Waals surface area contributed by atoms with Crippen LogP contribution in [0.2, 0.25) is 5.02 Å². The van der Waals surface area contributed by atoms with E-state index in [1.807, 2.05) is 24.3 Å². The molecule has 0 unspecified atom stereocenters. The van der Waals surface area contributed by atoms with Crippen molar-refractivity contribution >= 4 is 11.6 Å². The van der Waals surface area contributed by atoms with Crippen LogP contribution in [0.4, 0.5) is 4.39 Å². The third-order valence-corrected chi connectivity index (χ3v) is 2.79. The highest BCUT2D eigenvalue weighted by atomic mass is 35.5. The Balaban J connectivity index is 2.62. The van der Waals surface area contributed by atoms with Crippen LogP contribution in [-0.4, -0.2) is 0 Å². The van der Waals surface area contributed by atoms with Crippen LogP contribution in [0.25, 0.3) is 11.1 Å². The fourth-order valence-electron chi connectivity index (χ4n) is 1.66. The summed E-state index contributed by atoms with van der Waals surface area (Å²) in [5.74, 6) is -0.300. The molecule has 0 atom stereocenters. The first-order valence-electron chi connectivity index (χ1n) is 4.96. The highest BCUT2D eigenvalue weighted by Crippen LogP contribution is 2.30. The minimum atomic E-state index is -0.300. The summed E-state index contributed by atoms with van der Waals surface area (Å²) in [4.78, 5) is 0. The van der Waals surface area contributed by atoms with Crippen LogP contribution in [0.3, 0.4) is 0 Å². The van der Waals surface area contributed by atoms with E-state index in [2.05, 4.69) is 0 Å². The first kappa shape index (κ1) is 11.1. The van der Waals surface area contributed by atoms with Crippen LogP contribution >= 0.6 is 11.6 Å². The smallest absolute Gasteiger partial charge is 0.123 e. The molecule has 0 aliphatic heterocycles. The molecule has 0 saturated carbocycles. The normalized spacial score (nSPS) is 10.4. The average Bonchev–Trinajstić information content (AvgIpc) is 2.32. The molecule has 0 aromatic heterocycles. The van der Waals surface area contributed by atoms with E-state index in [1.165, 1.54) is 12.1 Å². The van der Waals surface area contributed by atoms with E-state index in [0.29, 0.717) is 17.1 Å². The fraction of sp³-hybridized carbons (Fsp3) is 0.0769. The Bertz CT molecular complexity index is 511. The van der Waals surface area contributed by atoms with Gasteiger partial charge in [-0.1, -0.05) is 35.9 Å². The van der Waals surface area contributed by atoms with Gasteiger partial charge in [-0.05, 0) is 29.3 Å². The minimum Gasteiger partial charge on any atom is -0.326 e. The van der Waals surface area contributed by atoms with Gasteiger partial charge in [0.1, 0.15) is 5.82 Å². The fourth-order valence-corrected chi connectivity index (χ4v) is 1.88. The maximum atomic E-state index is 13.2. The standard InChI is InChI=1S/C13H11ClFN/c14-13-6-5-10(15)7-12(13)11-4-2-1-3-9(11)8-16/h1-7H,8,16H2. The van der Waals surface area contributed by atoms with Gasteiger partial charge in [-0.15, -0.1) is 0 Å². The lowest BCUT2D eigenvalue weighted by Gasteiger charge is -2.09. The van der Waals surface area contributed by atoms with Crippen molar-refractivity contribution in [3.63, 3.8) is 0 Å². The Hall–Kier alpha value is -1.38. The van der Waals surface area contributed by atoms with Crippen molar-refractivity contribution in [3.8, 4) is 11.1 Å². The lowest BCUT2D eigenvalue weighted by atomic mass is 9.99. The van der Waals surface area contributed by atoms with Gasteiger partial charge in [-0.3, -0.25) is 0 Å². The summed E-state index contributed by atoms with van der Waals surface area (Å²) in [6, 6.07) is 11.9. The zero-order valence-electron chi connectivity index (χ0n) is 8.58. The molecular weight excluding hydrogens is 225 g/mol. The molecule has 0 heterocycles. The van der Waals surface area contributed by atoms with E-state index < -0.39 is 0 Å². The van der Waals surface area contributed by atoms with Gasteiger partial charge in [-0.2, -0.15) is 0 Å². The van der Waals surface area contributed by atoms with Crippen molar-refractivity contribution in [1.29, 1.82) is 0 Å². The van der Waals surface area contributed by atoms with E-state index in [9.17, 15) is 4.39 Å². The Morgan fingerprint density at radius 2 is 1.81 bits per heavy atom. The van der Waals surface area contributed by atoms with Gasteiger partial charge in [0, 0.05) is 17.1 Å². The summed E-state index contributed by atoms with van der Waals surface area (Å²) >= 11 is 6.05. The lowest BCUT2D eigenvalue weighted by Crippen LogP contribution is -1.98. The van der Waals surface area contributed by atoms with Gasteiger partial charge in [-0.25, -0.2) is 4.39 Å². The molecule has 0 bridgehead atoms. The van der Waals surface area contributed by atoms with Gasteiger partial charge >= 0.3 is 0 Å². The van der Waals surface area contributed by atoms with E-state index in [0.717, 1.165) is 11.1 Å². The van der Waals surface area contributed by atoms with E-state index in [1.54, 1.807) is 6.07 Å². The number of hydrogen-bond donors (Lipinski definition) is 1. The van der Waals surface area contributed by atoms with Crippen LogP contribution in [0, 0.1) is 5.82 Å². The van der Waals surface area contributed by atoms with Crippen molar-refractivity contribution in [2.75, 3.05) is 0 Å². The molecule has 2 aromatic carbocycles. The first-order valence-corrected chi connectivity index (χ1v) is 5.33. The van der Waals surface area contributed by atoms with Crippen LogP contribution in [0.5, 0.6) is 0 Å². The first-order chi connectivity index (χ1) is 7.72. The summed E-state index contributed by atoms with van der Waals surface area (Å²) in [5, 5.41) is 0.530. The number of halogens is 2. The van der Waals surface area contributed by atoms with Crippen LogP contribution in [0.15, 0.2) is 42.5 Å². The Morgan fingerprint density at radius 3 is 2.56 bits per heavy atom. The molecule has 1 nitrogen and oxygen atoms in total. The Morgan fingerprint density at radius 1 is 1.06 bits per heavy atom. The Kier molecular flexibility index (Phi) is 3.22. The quantitative estimate of drug-likeness (QED) is 0.846. The minimum absolute atomic E-state index is 0.300. The molecular formula is C13H11ClFN. The molecule has 0 aliphatic rings. The van der Waals surface area contributed by atoms with Gasteiger partial charge in [0.15, 0.2) is 0 Å². The predicted molar refractivity (Wildman–Crippen MR) is 64.7 cm³/mol. The summed E-state index contributed by atoms with van der Waals surface area (Å²) < 4.78 is 13.2. The molecule has 3 heteroatoms. The monoisotopic (exact) mass is 235 g/mol. The maximum absolute atomic E-state index is 13.2. The molecule has 0 fully saturated rings.